The van der Waals surface area contributed by atoms with Crippen LogP contribution in [0.5, 0.6) is 0 Å². The summed E-state index contributed by atoms with van der Waals surface area (Å²) in [5.41, 5.74) is 2.09. The summed E-state index contributed by atoms with van der Waals surface area (Å²) in [5, 5.41) is 2.92. The standard InChI is InChI=1S/C27H27FN2O2/c28-23-16-8-7-15-22(23)19-30(24-17-9-10-18-29-26(24)31)27(32)25(20-11-3-1-4-12-20)21-13-5-2-6-14-21/h1-8,11-16,24-25H,9-10,17-19H2,(H,29,31). The third-order valence-electron chi connectivity index (χ3n) is 5.98. The number of amides is 2. The molecule has 4 nitrogen and oxygen atoms in total. The Morgan fingerprint density at radius 1 is 0.906 bits per heavy atom. The third kappa shape index (κ3) is 4.88. The highest BCUT2D eigenvalue weighted by Gasteiger charge is 2.36. The van der Waals surface area contributed by atoms with E-state index in [9.17, 15) is 14.0 Å². The summed E-state index contributed by atoms with van der Waals surface area (Å²) in [6.07, 6.45) is 2.25. The fourth-order valence-electron chi connectivity index (χ4n) is 4.31. The van der Waals surface area contributed by atoms with Gasteiger partial charge in [0.25, 0.3) is 0 Å². The summed E-state index contributed by atoms with van der Waals surface area (Å²) in [5.74, 6) is -1.34. The fourth-order valence-corrected chi connectivity index (χ4v) is 4.31. The van der Waals surface area contributed by atoms with E-state index >= 15 is 0 Å². The van der Waals surface area contributed by atoms with Crippen LogP contribution in [0, 0.1) is 5.82 Å². The largest absolute Gasteiger partial charge is 0.354 e. The zero-order valence-corrected chi connectivity index (χ0v) is 17.9. The van der Waals surface area contributed by atoms with Gasteiger partial charge in [0.1, 0.15) is 11.9 Å². The second kappa shape index (κ2) is 10.2. The molecule has 32 heavy (non-hydrogen) atoms. The Balaban J connectivity index is 1.77. The van der Waals surface area contributed by atoms with E-state index in [0.717, 1.165) is 24.0 Å². The normalized spacial score (nSPS) is 16.3. The first-order chi connectivity index (χ1) is 15.6. The van der Waals surface area contributed by atoms with E-state index in [1.54, 1.807) is 23.1 Å². The summed E-state index contributed by atoms with van der Waals surface area (Å²) in [6, 6.07) is 24.9. The van der Waals surface area contributed by atoms with Gasteiger partial charge in [0.15, 0.2) is 0 Å². The van der Waals surface area contributed by atoms with Crippen molar-refractivity contribution in [2.45, 2.75) is 37.8 Å². The van der Waals surface area contributed by atoms with E-state index in [-0.39, 0.29) is 24.2 Å². The van der Waals surface area contributed by atoms with Gasteiger partial charge < -0.3 is 10.2 Å². The van der Waals surface area contributed by atoms with E-state index in [4.69, 9.17) is 0 Å². The van der Waals surface area contributed by atoms with Crippen LogP contribution >= 0.6 is 0 Å². The van der Waals surface area contributed by atoms with Crippen LogP contribution in [0.25, 0.3) is 0 Å². The molecule has 2 amide bonds. The highest BCUT2D eigenvalue weighted by molar-refractivity contribution is 5.92. The predicted octanol–water partition coefficient (Wildman–Crippen LogP) is 4.66. The van der Waals surface area contributed by atoms with Gasteiger partial charge in [-0.05, 0) is 36.5 Å². The van der Waals surface area contributed by atoms with Crippen molar-refractivity contribution in [3.8, 4) is 0 Å². The number of hydrogen-bond donors (Lipinski definition) is 1. The maximum atomic E-state index is 14.6. The molecule has 3 aromatic rings. The number of benzene rings is 3. The van der Waals surface area contributed by atoms with Crippen molar-refractivity contribution in [1.82, 2.24) is 10.2 Å². The average molecular weight is 431 g/mol. The van der Waals surface area contributed by atoms with E-state index in [2.05, 4.69) is 5.32 Å². The Labute approximate surface area is 188 Å². The molecule has 0 radical (unpaired) electrons. The van der Waals surface area contributed by atoms with Gasteiger partial charge in [-0.25, -0.2) is 4.39 Å². The highest BCUT2D eigenvalue weighted by Crippen LogP contribution is 2.30. The molecule has 0 saturated carbocycles. The van der Waals surface area contributed by atoms with Gasteiger partial charge >= 0.3 is 0 Å². The van der Waals surface area contributed by atoms with Crippen LogP contribution in [0.3, 0.4) is 0 Å². The van der Waals surface area contributed by atoms with Crippen molar-refractivity contribution in [2.24, 2.45) is 0 Å². The SMILES string of the molecule is O=C1NCCCCC1N(Cc1ccccc1F)C(=O)C(c1ccccc1)c1ccccc1. The second-order valence-electron chi connectivity index (χ2n) is 8.11. The molecule has 1 fully saturated rings. The molecule has 0 spiro atoms. The quantitative estimate of drug-likeness (QED) is 0.619. The van der Waals surface area contributed by atoms with Gasteiger partial charge in [0.2, 0.25) is 11.8 Å². The number of nitrogens with zero attached hydrogens (tertiary/aromatic N) is 1. The Morgan fingerprint density at radius 3 is 2.12 bits per heavy atom. The number of hydrogen-bond acceptors (Lipinski definition) is 2. The van der Waals surface area contributed by atoms with Crippen LogP contribution in [0.2, 0.25) is 0 Å². The topological polar surface area (TPSA) is 49.4 Å². The molecule has 5 heteroatoms. The molecule has 1 saturated heterocycles. The summed E-state index contributed by atoms with van der Waals surface area (Å²) < 4.78 is 14.6. The van der Waals surface area contributed by atoms with Crippen molar-refractivity contribution in [3.63, 3.8) is 0 Å². The smallest absolute Gasteiger partial charge is 0.242 e. The van der Waals surface area contributed by atoms with Crippen molar-refractivity contribution in [1.29, 1.82) is 0 Å². The van der Waals surface area contributed by atoms with Crippen LogP contribution in [0.15, 0.2) is 84.9 Å². The van der Waals surface area contributed by atoms with E-state index in [1.807, 2.05) is 60.7 Å². The van der Waals surface area contributed by atoms with Crippen molar-refractivity contribution >= 4 is 11.8 Å². The van der Waals surface area contributed by atoms with Crippen molar-refractivity contribution < 1.29 is 14.0 Å². The zero-order chi connectivity index (χ0) is 22.3. The molecular weight excluding hydrogens is 403 g/mol. The Morgan fingerprint density at radius 2 is 1.50 bits per heavy atom. The lowest BCUT2D eigenvalue weighted by Gasteiger charge is -2.33. The van der Waals surface area contributed by atoms with Gasteiger partial charge in [-0.15, -0.1) is 0 Å². The average Bonchev–Trinajstić information content (AvgIpc) is 3.04. The minimum atomic E-state index is -0.639. The summed E-state index contributed by atoms with van der Waals surface area (Å²) in [7, 11) is 0. The molecule has 1 heterocycles. The molecule has 164 valence electrons. The Bertz CT molecular complexity index is 1020. The molecule has 1 N–H and O–H groups in total. The number of nitrogens with one attached hydrogen (secondary N) is 1. The van der Waals surface area contributed by atoms with Crippen LogP contribution in [-0.4, -0.2) is 29.3 Å². The molecule has 1 aliphatic rings. The first-order valence-corrected chi connectivity index (χ1v) is 11.1. The van der Waals surface area contributed by atoms with Gasteiger partial charge in [0.05, 0.1) is 5.92 Å². The van der Waals surface area contributed by atoms with Crippen LogP contribution < -0.4 is 5.32 Å². The molecule has 1 atom stereocenters. The third-order valence-corrected chi connectivity index (χ3v) is 5.98. The van der Waals surface area contributed by atoms with Crippen molar-refractivity contribution in [2.75, 3.05) is 6.54 Å². The maximum absolute atomic E-state index is 14.6. The lowest BCUT2D eigenvalue weighted by Crippen LogP contribution is -2.50. The summed E-state index contributed by atoms with van der Waals surface area (Å²) in [4.78, 5) is 28.6. The minimum Gasteiger partial charge on any atom is -0.354 e. The van der Waals surface area contributed by atoms with E-state index in [1.165, 1.54) is 6.07 Å². The maximum Gasteiger partial charge on any atom is 0.242 e. The highest BCUT2D eigenvalue weighted by atomic mass is 19.1. The molecule has 1 aliphatic heterocycles. The molecule has 4 rings (SSSR count). The summed E-state index contributed by atoms with van der Waals surface area (Å²) >= 11 is 0. The number of halogens is 1. The molecule has 0 bridgehead atoms. The minimum absolute atomic E-state index is 0.0414. The molecule has 0 aromatic heterocycles. The van der Waals surface area contributed by atoms with Gasteiger partial charge in [-0.2, -0.15) is 0 Å². The lowest BCUT2D eigenvalue weighted by molar-refractivity contribution is -0.141. The van der Waals surface area contributed by atoms with Gasteiger partial charge in [0, 0.05) is 18.7 Å². The first kappa shape index (κ1) is 21.8. The lowest BCUT2D eigenvalue weighted by atomic mass is 9.89. The predicted molar refractivity (Wildman–Crippen MR) is 122 cm³/mol. The number of rotatable bonds is 6. The summed E-state index contributed by atoms with van der Waals surface area (Å²) in [6.45, 7) is 0.637. The van der Waals surface area contributed by atoms with Gasteiger partial charge in [-0.3, -0.25) is 9.59 Å². The Hall–Kier alpha value is -3.47. The number of carbonyl (C=O) groups excluding carboxylic acids is 2. The van der Waals surface area contributed by atoms with Crippen LogP contribution in [0.4, 0.5) is 4.39 Å². The molecule has 3 aromatic carbocycles. The number of carbonyl (C=O) groups is 2. The zero-order valence-electron chi connectivity index (χ0n) is 17.9. The molecule has 1 unspecified atom stereocenters. The van der Waals surface area contributed by atoms with Crippen LogP contribution in [-0.2, 0) is 16.1 Å². The van der Waals surface area contributed by atoms with Crippen LogP contribution in [0.1, 0.15) is 41.9 Å². The fraction of sp³-hybridized carbons (Fsp3) is 0.259. The molecular formula is C27H27FN2O2. The van der Waals surface area contributed by atoms with Crippen molar-refractivity contribution in [3.05, 3.63) is 107 Å². The Kier molecular flexibility index (Phi) is 6.95. The van der Waals surface area contributed by atoms with E-state index < -0.39 is 12.0 Å². The molecule has 0 aliphatic carbocycles. The second-order valence-corrected chi connectivity index (χ2v) is 8.11. The van der Waals surface area contributed by atoms with Gasteiger partial charge in [-0.1, -0.05) is 78.9 Å². The monoisotopic (exact) mass is 430 g/mol. The first-order valence-electron chi connectivity index (χ1n) is 11.1. The van der Waals surface area contributed by atoms with E-state index in [0.29, 0.717) is 18.5 Å².